The van der Waals surface area contributed by atoms with E-state index in [1.54, 1.807) is 0 Å². The number of unbranched alkanes of at least 4 members (excludes halogenated alkanes) is 1. The Hall–Kier alpha value is -0.410. The van der Waals surface area contributed by atoms with Crippen LogP contribution in [0.25, 0.3) is 0 Å². The number of hydrogen-bond donors (Lipinski definition) is 1. The summed E-state index contributed by atoms with van der Waals surface area (Å²) in [6.45, 7) is 4.95. The van der Waals surface area contributed by atoms with Crippen LogP contribution in [0.5, 0.6) is 0 Å². The minimum atomic E-state index is 0.199. The van der Waals surface area contributed by atoms with Crippen molar-refractivity contribution in [2.24, 2.45) is 5.92 Å². The number of aliphatic hydroxyl groups is 1. The van der Waals surface area contributed by atoms with Crippen molar-refractivity contribution < 1.29 is 9.90 Å². The molecule has 0 saturated heterocycles. The monoisotopic (exact) mass is 213 g/mol. The van der Waals surface area contributed by atoms with Gasteiger partial charge in [-0.3, -0.25) is 4.79 Å². The highest BCUT2D eigenvalue weighted by molar-refractivity contribution is 5.83. The maximum atomic E-state index is 11.5. The Kier molecular flexibility index (Phi) is 5.88. The van der Waals surface area contributed by atoms with Crippen LogP contribution in [0.2, 0.25) is 0 Å². The molecule has 1 aliphatic carbocycles. The minimum Gasteiger partial charge on any atom is -0.395 e. The standard InChI is InChI=1S/C12H23NO2/c1-2-3-7-13(8-9-14)10-11-5-4-6-12(11)15/h11,14H,2-10H2,1H3. The average molecular weight is 213 g/mol. The quantitative estimate of drug-likeness (QED) is 0.696. The van der Waals surface area contributed by atoms with Gasteiger partial charge >= 0.3 is 0 Å². The Labute approximate surface area is 92.5 Å². The number of carbonyl (C=O) groups is 1. The SMILES string of the molecule is CCCCN(CCO)CC1CCCC1=O. The van der Waals surface area contributed by atoms with Crippen LogP contribution in [0.3, 0.4) is 0 Å². The van der Waals surface area contributed by atoms with Crippen molar-refractivity contribution in [2.45, 2.75) is 39.0 Å². The van der Waals surface area contributed by atoms with E-state index >= 15 is 0 Å². The van der Waals surface area contributed by atoms with E-state index in [0.717, 1.165) is 38.8 Å². The molecule has 3 nitrogen and oxygen atoms in total. The summed E-state index contributed by atoms with van der Waals surface area (Å²) in [6, 6.07) is 0. The number of aliphatic hydroxyl groups excluding tert-OH is 1. The van der Waals surface area contributed by atoms with Crippen molar-refractivity contribution in [3.05, 3.63) is 0 Å². The predicted octanol–water partition coefficient (Wildman–Crippen LogP) is 1.45. The zero-order valence-corrected chi connectivity index (χ0v) is 9.74. The number of carbonyl (C=O) groups excluding carboxylic acids is 1. The molecule has 0 aromatic carbocycles. The lowest BCUT2D eigenvalue weighted by molar-refractivity contribution is -0.121. The summed E-state index contributed by atoms with van der Waals surface area (Å²) in [5.41, 5.74) is 0. The smallest absolute Gasteiger partial charge is 0.137 e. The molecule has 0 spiro atoms. The first-order valence-electron chi connectivity index (χ1n) is 6.13. The van der Waals surface area contributed by atoms with Crippen LogP contribution >= 0.6 is 0 Å². The number of nitrogens with zero attached hydrogens (tertiary/aromatic N) is 1. The van der Waals surface area contributed by atoms with Gasteiger partial charge in [-0.15, -0.1) is 0 Å². The van der Waals surface area contributed by atoms with Crippen molar-refractivity contribution in [3.63, 3.8) is 0 Å². The lowest BCUT2D eigenvalue weighted by Gasteiger charge is -2.23. The van der Waals surface area contributed by atoms with Gasteiger partial charge in [0.05, 0.1) is 6.61 Å². The van der Waals surface area contributed by atoms with Crippen LogP contribution in [-0.2, 0) is 4.79 Å². The molecule has 0 amide bonds. The lowest BCUT2D eigenvalue weighted by atomic mass is 10.1. The summed E-state index contributed by atoms with van der Waals surface area (Å²) in [5.74, 6) is 0.669. The molecular weight excluding hydrogens is 190 g/mol. The fraction of sp³-hybridized carbons (Fsp3) is 0.917. The maximum absolute atomic E-state index is 11.5. The summed E-state index contributed by atoms with van der Waals surface area (Å²) in [6.07, 6.45) is 5.20. The topological polar surface area (TPSA) is 40.5 Å². The molecule has 1 atom stereocenters. The van der Waals surface area contributed by atoms with Gasteiger partial charge in [-0.05, 0) is 25.8 Å². The molecule has 1 saturated carbocycles. The van der Waals surface area contributed by atoms with E-state index in [1.165, 1.54) is 6.42 Å². The molecule has 0 aliphatic heterocycles. The molecule has 1 fully saturated rings. The molecule has 0 bridgehead atoms. The van der Waals surface area contributed by atoms with Crippen molar-refractivity contribution in [1.82, 2.24) is 4.90 Å². The van der Waals surface area contributed by atoms with Crippen LogP contribution in [0.15, 0.2) is 0 Å². The van der Waals surface area contributed by atoms with Crippen LogP contribution < -0.4 is 0 Å². The maximum Gasteiger partial charge on any atom is 0.137 e. The zero-order chi connectivity index (χ0) is 11.1. The third-order valence-electron chi connectivity index (χ3n) is 3.15. The Morgan fingerprint density at radius 3 is 2.80 bits per heavy atom. The highest BCUT2D eigenvalue weighted by atomic mass is 16.3. The fourth-order valence-corrected chi connectivity index (χ4v) is 2.21. The van der Waals surface area contributed by atoms with Crippen LogP contribution in [0, 0.1) is 5.92 Å². The highest BCUT2D eigenvalue weighted by Gasteiger charge is 2.25. The average Bonchev–Trinajstić information content (AvgIpc) is 2.61. The number of rotatable bonds is 7. The van der Waals surface area contributed by atoms with Gasteiger partial charge < -0.3 is 10.0 Å². The second-order valence-electron chi connectivity index (χ2n) is 4.43. The fourth-order valence-electron chi connectivity index (χ4n) is 2.21. The Bertz CT molecular complexity index is 194. The molecule has 88 valence electrons. The largest absolute Gasteiger partial charge is 0.395 e. The Morgan fingerprint density at radius 2 is 2.27 bits per heavy atom. The molecule has 0 aromatic heterocycles. The summed E-state index contributed by atoms with van der Waals surface area (Å²) < 4.78 is 0. The molecule has 0 heterocycles. The molecular formula is C12H23NO2. The van der Waals surface area contributed by atoms with E-state index < -0.39 is 0 Å². The Balaban J connectivity index is 2.31. The lowest BCUT2D eigenvalue weighted by Crippen LogP contribution is -2.34. The van der Waals surface area contributed by atoms with Gasteiger partial charge in [0.15, 0.2) is 0 Å². The van der Waals surface area contributed by atoms with E-state index in [2.05, 4.69) is 11.8 Å². The zero-order valence-electron chi connectivity index (χ0n) is 9.74. The highest BCUT2D eigenvalue weighted by Crippen LogP contribution is 2.22. The molecule has 0 radical (unpaired) electrons. The van der Waals surface area contributed by atoms with Crippen molar-refractivity contribution in [1.29, 1.82) is 0 Å². The van der Waals surface area contributed by atoms with Gasteiger partial charge in [-0.2, -0.15) is 0 Å². The van der Waals surface area contributed by atoms with E-state index in [0.29, 0.717) is 12.3 Å². The van der Waals surface area contributed by atoms with Gasteiger partial charge in [0.25, 0.3) is 0 Å². The normalized spacial score (nSPS) is 21.5. The van der Waals surface area contributed by atoms with Gasteiger partial charge in [-0.1, -0.05) is 13.3 Å². The molecule has 1 aliphatic rings. The number of ketones is 1. The molecule has 3 heteroatoms. The molecule has 1 N–H and O–H groups in total. The van der Waals surface area contributed by atoms with Crippen LogP contribution in [-0.4, -0.2) is 42.0 Å². The molecule has 0 aromatic rings. The van der Waals surface area contributed by atoms with Crippen molar-refractivity contribution in [3.8, 4) is 0 Å². The summed E-state index contributed by atoms with van der Waals surface area (Å²) in [7, 11) is 0. The molecule has 1 unspecified atom stereocenters. The van der Waals surface area contributed by atoms with Crippen LogP contribution in [0.1, 0.15) is 39.0 Å². The van der Waals surface area contributed by atoms with Crippen LogP contribution in [0.4, 0.5) is 0 Å². The van der Waals surface area contributed by atoms with Gasteiger partial charge in [-0.25, -0.2) is 0 Å². The summed E-state index contributed by atoms with van der Waals surface area (Å²) in [4.78, 5) is 13.7. The summed E-state index contributed by atoms with van der Waals surface area (Å²) in [5, 5.41) is 8.95. The number of Topliss-reactive ketones (excluding diaryl/α,β-unsaturated/α-hetero) is 1. The van der Waals surface area contributed by atoms with Gasteiger partial charge in [0, 0.05) is 25.4 Å². The molecule has 15 heavy (non-hydrogen) atoms. The predicted molar refractivity (Wildman–Crippen MR) is 60.8 cm³/mol. The Morgan fingerprint density at radius 1 is 1.47 bits per heavy atom. The van der Waals surface area contributed by atoms with Crippen molar-refractivity contribution >= 4 is 5.78 Å². The third kappa shape index (κ3) is 4.31. The molecule has 1 rings (SSSR count). The van der Waals surface area contributed by atoms with E-state index in [1.807, 2.05) is 0 Å². The van der Waals surface area contributed by atoms with Crippen molar-refractivity contribution in [2.75, 3.05) is 26.2 Å². The number of hydrogen-bond acceptors (Lipinski definition) is 3. The first-order valence-corrected chi connectivity index (χ1v) is 6.13. The summed E-state index contributed by atoms with van der Waals surface area (Å²) >= 11 is 0. The second kappa shape index (κ2) is 6.96. The van der Waals surface area contributed by atoms with E-state index in [-0.39, 0.29) is 12.5 Å². The minimum absolute atomic E-state index is 0.199. The third-order valence-corrected chi connectivity index (χ3v) is 3.15. The van der Waals surface area contributed by atoms with Gasteiger partial charge in [0.2, 0.25) is 0 Å². The second-order valence-corrected chi connectivity index (χ2v) is 4.43. The first kappa shape index (κ1) is 12.7. The first-order chi connectivity index (χ1) is 7.27. The van der Waals surface area contributed by atoms with E-state index in [9.17, 15) is 4.79 Å². The van der Waals surface area contributed by atoms with Gasteiger partial charge in [0.1, 0.15) is 5.78 Å². The van der Waals surface area contributed by atoms with E-state index in [4.69, 9.17) is 5.11 Å².